The van der Waals surface area contributed by atoms with Crippen molar-refractivity contribution in [2.75, 3.05) is 30.9 Å². The van der Waals surface area contributed by atoms with Crippen molar-refractivity contribution in [3.8, 4) is 5.75 Å². The first kappa shape index (κ1) is 23.5. The summed E-state index contributed by atoms with van der Waals surface area (Å²) in [4.78, 5) is 28.2. The molecule has 1 saturated heterocycles. The fourth-order valence-corrected chi connectivity index (χ4v) is 6.02. The van der Waals surface area contributed by atoms with Crippen molar-refractivity contribution < 1.29 is 22.7 Å². The molecular formula is C22H33N3O5S. The highest BCUT2D eigenvalue weighted by atomic mass is 32.2. The van der Waals surface area contributed by atoms with Gasteiger partial charge in [0.15, 0.2) is 0 Å². The second-order valence-electron chi connectivity index (χ2n) is 8.60. The Morgan fingerprint density at radius 3 is 2.61 bits per heavy atom. The third-order valence-electron chi connectivity index (χ3n) is 6.14. The van der Waals surface area contributed by atoms with Crippen LogP contribution >= 0.6 is 0 Å². The summed E-state index contributed by atoms with van der Waals surface area (Å²) in [6.07, 6.45) is 5.49. The lowest BCUT2D eigenvalue weighted by atomic mass is 9.91. The van der Waals surface area contributed by atoms with Crippen molar-refractivity contribution in [2.24, 2.45) is 0 Å². The Labute approximate surface area is 185 Å². The molecule has 0 aromatic heterocycles. The van der Waals surface area contributed by atoms with Gasteiger partial charge >= 0.3 is 0 Å². The van der Waals surface area contributed by atoms with Gasteiger partial charge in [-0.2, -0.15) is 4.31 Å². The lowest BCUT2D eigenvalue weighted by molar-refractivity contribution is -0.133. The molecule has 2 amide bonds. The van der Waals surface area contributed by atoms with Crippen LogP contribution in [-0.4, -0.2) is 62.1 Å². The topological polar surface area (TPSA) is 96.0 Å². The SMILES string of the molecule is CCCS(=O)(=O)N1CC(=O)N(c2cccc(OC)c2)[C@@](C)(C(=O)NC2CCCCC2)C1. The van der Waals surface area contributed by atoms with Crippen LogP contribution in [0, 0.1) is 0 Å². The van der Waals surface area contributed by atoms with Gasteiger partial charge in [0.25, 0.3) is 0 Å². The number of hydrogen-bond donors (Lipinski definition) is 1. The molecule has 0 radical (unpaired) electrons. The van der Waals surface area contributed by atoms with E-state index in [2.05, 4.69) is 5.32 Å². The molecule has 1 saturated carbocycles. The van der Waals surface area contributed by atoms with Crippen molar-refractivity contribution in [1.82, 2.24) is 9.62 Å². The molecule has 1 heterocycles. The van der Waals surface area contributed by atoms with Crippen LogP contribution in [0.25, 0.3) is 0 Å². The van der Waals surface area contributed by atoms with Crippen LogP contribution in [0.2, 0.25) is 0 Å². The highest BCUT2D eigenvalue weighted by molar-refractivity contribution is 7.89. The summed E-state index contributed by atoms with van der Waals surface area (Å²) in [5, 5.41) is 3.10. The standard InChI is InChI=1S/C22H33N3O5S/c1-4-13-31(28,29)24-15-20(26)25(18-11-8-12-19(14-18)30-3)22(2,16-24)21(27)23-17-9-6-5-7-10-17/h8,11-12,14,17H,4-7,9-10,13,15-16H2,1-3H3,(H,23,27)/t22-/m1/s1. The molecule has 9 heteroatoms. The number of sulfonamides is 1. The smallest absolute Gasteiger partial charge is 0.247 e. The summed E-state index contributed by atoms with van der Waals surface area (Å²) in [6.45, 7) is 3.06. The van der Waals surface area contributed by atoms with E-state index in [0.717, 1.165) is 36.4 Å². The van der Waals surface area contributed by atoms with Crippen molar-refractivity contribution in [3.05, 3.63) is 24.3 Å². The van der Waals surface area contributed by atoms with Gasteiger partial charge in [0, 0.05) is 24.3 Å². The molecule has 1 aliphatic heterocycles. The number of methoxy groups -OCH3 is 1. The molecule has 1 N–H and O–H groups in total. The van der Waals surface area contributed by atoms with E-state index in [1.807, 2.05) is 0 Å². The number of carbonyl (C=O) groups is 2. The van der Waals surface area contributed by atoms with E-state index < -0.39 is 21.5 Å². The normalized spacial score (nSPS) is 23.6. The maximum absolute atomic E-state index is 13.5. The van der Waals surface area contributed by atoms with Crippen molar-refractivity contribution in [2.45, 2.75) is 64.0 Å². The zero-order valence-corrected chi connectivity index (χ0v) is 19.4. The molecule has 31 heavy (non-hydrogen) atoms. The van der Waals surface area contributed by atoms with E-state index >= 15 is 0 Å². The molecule has 1 aromatic carbocycles. The van der Waals surface area contributed by atoms with E-state index in [0.29, 0.717) is 17.9 Å². The van der Waals surface area contributed by atoms with Crippen LogP contribution in [-0.2, 0) is 19.6 Å². The van der Waals surface area contributed by atoms with E-state index in [1.54, 1.807) is 38.1 Å². The minimum atomic E-state index is -3.64. The quantitative estimate of drug-likeness (QED) is 0.686. The van der Waals surface area contributed by atoms with Gasteiger partial charge in [-0.3, -0.25) is 14.5 Å². The van der Waals surface area contributed by atoms with Gasteiger partial charge in [-0.25, -0.2) is 8.42 Å². The Hall–Kier alpha value is -2.13. The fraction of sp³-hybridized carbons (Fsp3) is 0.636. The zero-order valence-electron chi connectivity index (χ0n) is 18.6. The summed E-state index contributed by atoms with van der Waals surface area (Å²) >= 11 is 0. The molecule has 3 rings (SSSR count). The molecule has 8 nitrogen and oxygen atoms in total. The number of carbonyl (C=O) groups excluding carboxylic acids is 2. The fourth-order valence-electron chi connectivity index (χ4n) is 4.49. The number of amides is 2. The molecule has 0 bridgehead atoms. The second-order valence-corrected chi connectivity index (χ2v) is 10.7. The number of nitrogens with zero attached hydrogens (tertiary/aromatic N) is 2. The highest BCUT2D eigenvalue weighted by Gasteiger charge is 2.51. The Bertz CT molecular complexity index is 913. The Kier molecular flexibility index (Phi) is 7.26. The maximum Gasteiger partial charge on any atom is 0.247 e. The molecule has 2 fully saturated rings. The highest BCUT2D eigenvalue weighted by Crippen LogP contribution is 2.33. The minimum Gasteiger partial charge on any atom is -0.497 e. The lowest BCUT2D eigenvalue weighted by Crippen LogP contribution is -2.71. The number of rotatable bonds is 7. The minimum absolute atomic E-state index is 0.0444. The van der Waals surface area contributed by atoms with E-state index in [-0.39, 0.29) is 30.8 Å². The summed E-state index contributed by atoms with van der Waals surface area (Å²) in [5.74, 6) is -0.256. The number of anilines is 1. The van der Waals surface area contributed by atoms with Crippen LogP contribution in [0.15, 0.2) is 24.3 Å². The van der Waals surface area contributed by atoms with Crippen LogP contribution in [0.1, 0.15) is 52.4 Å². The van der Waals surface area contributed by atoms with E-state index in [9.17, 15) is 18.0 Å². The first-order valence-corrected chi connectivity index (χ1v) is 12.6. The van der Waals surface area contributed by atoms with Gasteiger partial charge in [-0.1, -0.05) is 32.3 Å². The van der Waals surface area contributed by atoms with Crippen molar-refractivity contribution in [1.29, 1.82) is 0 Å². The number of ether oxygens (including phenoxy) is 1. The summed E-state index contributed by atoms with van der Waals surface area (Å²) in [7, 11) is -2.11. The predicted molar refractivity (Wildman–Crippen MR) is 120 cm³/mol. The third-order valence-corrected chi connectivity index (χ3v) is 8.10. The molecule has 1 aliphatic carbocycles. The zero-order chi connectivity index (χ0) is 22.6. The molecule has 0 unspecified atom stereocenters. The Morgan fingerprint density at radius 2 is 1.97 bits per heavy atom. The van der Waals surface area contributed by atoms with Crippen LogP contribution in [0.5, 0.6) is 5.75 Å². The van der Waals surface area contributed by atoms with Gasteiger partial charge in [-0.15, -0.1) is 0 Å². The Morgan fingerprint density at radius 1 is 1.26 bits per heavy atom. The number of hydrogen-bond acceptors (Lipinski definition) is 5. The number of piperazine rings is 1. The molecule has 2 aliphatic rings. The van der Waals surface area contributed by atoms with Gasteiger partial charge in [0.2, 0.25) is 21.8 Å². The van der Waals surface area contributed by atoms with E-state index in [4.69, 9.17) is 4.74 Å². The maximum atomic E-state index is 13.5. The van der Waals surface area contributed by atoms with Gasteiger partial charge in [0.05, 0.1) is 19.4 Å². The molecule has 1 aromatic rings. The Balaban J connectivity index is 1.98. The van der Waals surface area contributed by atoms with E-state index in [1.165, 1.54) is 12.0 Å². The van der Waals surface area contributed by atoms with Gasteiger partial charge in [0.1, 0.15) is 11.3 Å². The largest absolute Gasteiger partial charge is 0.497 e. The average Bonchev–Trinajstić information content (AvgIpc) is 2.74. The first-order chi connectivity index (χ1) is 14.7. The number of nitrogens with one attached hydrogen (secondary N) is 1. The second kappa shape index (κ2) is 9.56. The van der Waals surface area contributed by atoms with Crippen LogP contribution < -0.4 is 15.0 Å². The number of benzene rings is 1. The molecular weight excluding hydrogens is 418 g/mol. The summed E-state index contributed by atoms with van der Waals surface area (Å²) in [6, 6.07) is 6.99. The van der Waals surface area contributed by atoms with Gasteiger partial charge in [-0.05, 0) is 38.3 Å². The first-order valence-electron chi connectivity index (χ1n) is 11.0. The molecule has 172 valence electrons. The van der Waals surface area contributed by atoms with Crippen molar-refractivity contribution >= 4 is 27.5 Å². The molecule has 0 spiro atoms. The van der Waals surface area contributed by atoms with Crippen LogP contribution in [0.3, 0.4) is 0 Å². The molecule has 1 atom stereocenters. The third kappa shape index (κ3) is 5.03. The summed E-state index contributed by atoms with van der Waals surface area (Å²) in [5.41, 5.74) is -0.863. The monoisotopic (exact) mass is 451 g/mol. The van der Waals surface area contributed by atoms with Crippen molar-refractivity contribution in [3.63, 3.8) is 0 Å². The van der Waals surface area contributed by atoms with Crippen LogP contribution in [0.4, 0.5) is 5.69 Å². The average molecular weight is 452 g/mol. The predicted octanol–water partition coefficient (Wildman–Crippen LogP) is 2.29. The summed E-state index contributed by atoms with van der Waals surface area (Å²) < 4.78 is 32.0. The van der Waals surface area contributed by atoms with Gasteiger partial charge < -0.3 is 10.1 Å². The lowest BCUT2D eigenvalue weighted by Gasteiger charge is -2.47.